The highest BCUT2D eigenvalue weighted by Crippen LogP contribution is 2.28. The SMILES string of the molecule is Cc1ccc(Cl)cc1-n1c(CCl)nc2cc(Cl)ccc21. The van der Waals surface area contributed by atoms with E-state index in [4.69, 9.17) is 34.8 Å². The first-order chi connectivity index (χ1) is 9.60. The fourth-order valence-corrected chi connectivity index (χ4v) is 2.80. The van der Waals surface area contributed by atoms with Gasteiger partial charge in [0, 0.05) is 10.0 Å². The minimum Gasteiger partial charge on any atom is -0.295 e. The smallest absolute Gasteiger partial charge is 0.129 e. The number of hydrogen-bond donors (Lipinski definition) is 0. The molecule has 0 N–H and O–H groups in total. The topological polar surface area (TPSA) is 17.8 Å². The highest BCUT2D eigenvalue weighted by atomic mass is 35.5. The molecule has 0 radical (unpaired) electrons. The van der Waals surface area contributed by atoms with Crippen molar-refractivity contribution in [3.63, 3.8) is 0 Å². The Hall–Kier alpha value is -1.22. The van der Waals surface area contributed by atoms with E-state index < -0.39 is 0 Å². The molecule has 0 unspecified atom stereocenters. The summed E-state index contributed by atoms with van der Waals surface area (Å²) in [7, 11) is 0. The summed E-state index contributed by atoms with van der Waals surface area (Å²) in [6.45, 7) is 2.03. The highest BCUT2D eigenvalue weighted by Gasteiger charge is 2.14. The molecule has 1 aromatic heterocycles. The third kappa shape index (κ3) is 2.28. The number of halogens is 3. The van der Waals surface area contributed by atoms with Gasteiger partial charge in [-0.05, 0) is 42.8 Å². The summed E-state index contributed by atoms with van der Waals surface area (Å²) in [6.07, 6.45) is 0. The van der Waals surface area contributed by atoms with E-state index in [2.05, 4.69) is 4.98 Å². The molecular weight excluding hydrogens is 315 g/mol. The van der Waals surface area contributed by atoms with Gasteiger partial charge in [-0.3, -0.25) is 4.57 Å². The highest BCUT2D eigenvalue weighted by molar-refractivity contribution is 6.31. The van der Waals surface area contributed by atoms with Crippen LogP contribution in [0.4, 0.5) is 0 Å². The molecule has 0 amide bonds. The fourth-order valence-electron chi connectivity index (χ4n) is 2.29. The van der Waals surface area contributed by atoms with E-state index in [-0.39, 0.29) is 0 Å². The zero-order valence-electron chi connectivity index (χ0n) is 10.7. The molecule has 2 nitrogen and oxygen atoms in total. The molecule has 0 spiro atoms. The van der Waals surface area contributed by atoms with Crippen molar-refractivity contribution in [2.75, 3.05) is 0 Å². The van der Waals surface area contributed by atoms with Gasteiger partial charge in [-0.1, -0.05) is 29.3 Å². The number of benzene rings is 2. The van der Waals surface area contributed by atoms with Gasteiger partial charge in [-0.25, -0.2) is 4.98 Å². The molecule has 0 bridgehead atoms. The lowest BCUT2D eigenvalue weighted by atomic mass is 10.2. The van der Waals surface area contributed by atoms with Crippen molar-refractivity contribution in [2.24, 2.45) is 0 Å². The average Bonchev–Trinajstić information content (AvgIpc) is 2.78. The first-order valence-electron chi connectivity index (χ1n) is 6.09. The maximum atomic E-state index is 6.12. The van der Waals surface area contributed by atoms with E-state index in [1.165, 1.54) is 0 Å². The first-order valence-corrected chi connectivity index (χ1v) is 7.38. The Labute approximate surface area is 131 Å². The number of aromatic nitrogens is 2. The monoisotopic (exact) mass is 324 g/mol. The molecule has 0 aliphatic rings. The van der Waals surface area contributed by atoms with Crippen molar-refractivity contribution in [1.29, 1.82) is 0 Å². The Balaban J connectivity index is 2.37. The van der Waals surface area contributed by atoms with Crippen LogP contribution in [0.1, 0.15) is 11.4 Å². The quantitative estimate of drug-likeness (QED) is 0.578. The lowest BCUT2D eigenvalue weighted by Gasteiger charge is -2.11. The summed E-state index contributed by atoms with van der Waals surface area (Å²) in [5.74, 6) is 1.09. The predicted molar refractivity (Wildman–Crippen MR) is 85.4 cm³/mol. The van der Waals surface area contributed by atoms with Gasteiger partial charge in [0.1, 0.15) is 5.82 Å². The second-order valence-corrected chi connectivity index (χ2v) is 5.70. The third-order valence-corrected chi connectivity index (χ3v) is 3.93. The van der Waals surface area contributed by atoms with Gasteiger partial charge in [0.2, 0.25) is 0 Å². The van der Waals surface area contributed by atoms with Crippen molar-refractivity contribution >= 4 is 45.8 Å². The minimum atomic E-state index is 0.318. The molecule has 0 aliphatic heterocycles. The molecule has 3 rings (SSSR count). The largest absolute Gasteiger partial charge is 0.295 e. The van der Waals surface area contributed by atoms with Gasteiger partial charge in [-0.2, -0.15) is 0 Å². The summed E-state index contributed by atoms with van der Waals surface area (Å²) < 4.78 is 2.03. The van der Waals surface area contributed by atoms with Crippen molar-refractivity contribution in [1.82, 2.24) is 9.55 Å². The van der Waals surface area contributed by atoms with Crippen molar-refractivity contribution in [3.8, 4) is 5.69 Å². The summed E-state index contributed by atoms with van der Waals surface area (Å²) in [4.78, 5) is 4.54. The predicted octanol–water partition coefficient (Wildman–Crippen LogP) is 5.38. The van der Waals surface area contributed by atoms with Crippen LogP contribution in [-0.4, -0.2) is 9.55 Å². The minimum absolute atomic E-state index is 0.318. The van der Waals surface area contributed by atoms with E-state index in [9.17, 15) is 0 Å². The van der Waals surface area contributed by atoms with E-state index in [0.29, 0.717) is 15.9 Å². The number of imidazole rings is 1. The van der Waals surface area contributed by atoms with Crippen LogP contribution < -0.4 is 0 Å². The lowest BCUT2D eigenvalue weighted by Crippen LogP contribution is -2.01. The molecule has 20 heavy (non-hydrogen) atoms. The Kier molecular flexibility index (Phi) is 3.63. The van der Waals surface area contributed by atoms with Gasteiger partial charge < -0.3 is 0 Å². The summed E-state index contributed by atoms with van der Waals surface area (Å²) in [5, 5.41) is 1.34. The number of hydrogen-bond acceptors (Lipinski definition) is 1. The first kappa shape index (κ1) is 13.7. The molecule has 0 atom stereocenters. The fraction of sp³-hybridized carbons (Fsp3) is 0.133. The maximum Gasteiger partial charge on any atom is 0.129 e. The molecule has 0 aliphatic carbocycles. The Morgan fingerprint density at radius 2 is 1.75 bits per heavy atom. The van der Waals surface area contributed by atoms with Crippen LogP contribution in [0.5, 0.6) is 0 Å². The van der Waals surface area contributed by atoms with Gasteiger partial charge >= 0.3 is 0 Å². The molecule has 2 aromatic carbocycles. The Bertz CT molecular complexity index is 793. The van der Waals surface area contributed by atoms with Crippen LogP contribution in [0, 0.1) is 6.92 Å². The number of nitrogens with zero attached hydrogens (tertiary/aromatic N) is 2. The van der Waals surface area contributed by atoms with E-state index >= 15 is 0 Å². The van der Waals surface area contributed by atoms with E-state index in [1.807, 2.05) is 47.9 Å². The molecule has 0 saturated carbocycles. The average molecular weight is 326 g/mol. The number of alkyl halides is 1. The molecule has 0 saturated heterocycles. The normalized spacial score (nSPS) is 11.2. The molecule has 3 aromatic rings. The van der Waals surface area contributed by atoms with Crippen LogP contribution in [0.3, 0.4) is 0 Å². The zero-order chi connectivity index (χ0) is 14.3. The summed E-state index contributed by atoms with van der Waals surface area (Å²) in [5.41, 5.74) is 3.89. The molecule has 1 heterocycles. The standard InChI is InChI=1S/C15H11Cl3N2/c1-9-2-3-11(18)7-14(9)20-13-5-4-10(17)6-12(13)19-15(20)8-16/h2-7H,8H2,1H3. The second-order valence-electron chi connectivity index (χ2n) is 4.56. The molecule has 0 fully saturated rings. The Morgan fingerprint density at radius 1 is 1.05 bits per heavy atom. The third-order valence-electron chi connectivity index (χ3n) is 3.22. The number of rotatable bonds is 2. The summed E-state index contributed by atoms with van der Waals surface area (Å²) in [6, 6.07) is 11.4. The van der Waals surface area contributed by atoms with Crippen LogP contribution in [-0.2, 0) is 5.88 Å². The molecular formula is C15H11Cl3N2. The van der Waals surface area contributed by atoms with Crippen molar-refractivity contribution in [2.45, 2.75) is 12.8 Å². The van der Waals surface area contributed by atoms with Gasteiger partial charge in [0.15, 0.2) is 0 Å². The van der Waals surface area contributed by atoms with Gasteiger partial charge in [-0.15, -0.1) is 11.6 Å². The van der Waals surface area contributed by atoms with Crippen LogP contribution in [0.25, 0.3) is 16.7 Å². The number of fused-ring (bicyclic) bond motifs is 1. The van der Waals surface area contributed by atoms with Crippen molar-refractivity contribution in [3.05, 3.63) is 57.8 Å². The van der Waals surface area contributed by atoms with Crippen LogP contribution in [0.15, 0.2) is 36.4 Å². The lowest BCUT2D eigenvalue weighted by molar-refractivity contribution is 0.972. The molecule has 5 heteroatoms. The van der Waals surface area contributed by atoms with E-state index in [0.717, 1.165) is 28.1 Å². The summed E-state index contributed by atoms with van der Waals surface area (Å²) >= 11 is 18.2. The zero-order valence-corrected chi connectivity index (χ0v) is 13.0. The van der Waals surface area contributed by atoms with Crippen molar-refractivity contribution < 1.29 is 0 Å². The second kappa shape index (κ2) is 5.28. The van der Waals surface area contributed by atoms with E-state index in [1.54, 1.807) is 0 Å². The van der Waals surface area contributed by atoms with Crippen LogP contribution >= 0.6 is 34.8 Å². The van der Waals surface area contributed by atoms with Gasteiger partial charge in [0.05, 0.1) is 22.6 Å². The van der Waals surface area contributed by atoms with Crippen LogP contribution in [0.2, 0.25) is 10.0 Å². The number of aryl methyl sites for hydroxylation is 1. The Morgan fingerprint density at radius 3 is 2.50 bits per heavy atom. The van der Waals surface area contributed by atoms with Gasteiger partial charge in [0.25, 0.3) is 0 Å². The molecule has 102 valence electrons. The maximum absolute atomic E-state index is 6.12.